The fraction of sp³-hybridized carbons (Fsp3) is 0.261. The lowest BCUT2D eigenvalue weighted by molar-refractivity contribution is 0.0949. The third-order valence-corrected chi connectivity index (χ3v) is 5.14. The Morgan fingerprint density at radius 2 is 1.62 bits per heavy atom. The maximum absolute atomic E-state index is 12.5. The number of carbonyl (C=O) groups is 1. The molecule has 3 aromatic rings. The number of pyridine rings is 2. The standard InChI is InChI=1S/C23H25N5O/c29-23(26-12-9-19-6-2-1-3-7-19)21-18-20(10-13-24-21)27-14-16-28(17-15-27)22-8-4-5-11-25-22/h1-8,10-11,13,18H,9,12,14-17H2,(H,26,29). The largest absolute Gasteiger partial charge is 0.368 e. The minimum atomic E-state index is -0.130. The molecule has 0 radical (unpaired) electrons. The van der Waals surface area contributed by atoms with Gasteiger partial charge < -0.3 is 15.1 Å². The van der Waals surface area contributed by atoms with Crippen molar-refractivity contribution in [1.82, 2.24) is 15.3 Å². The van der Waals surface area contributed by atoms with Crippen molar-refractivity contribution in [2.24, 2.45) is 0 Å². The van der Waals surface area contributed by atoms with E-state index in [9.17, 15) is 4.79 Å². The van der Waals surface area contributed by atoms with Crippen LogP contribution in [-0.4, -0.2) is 48.6 Å². The molecular weight excluding hydrogens is 362 g/mol. The lowest BCUT2D eigenvalue weighted by Gasteiger charge is -2.36. The number of aromatic nitrogens is 2. The Morgan fingerprint density at radius 3 is 2.38 bits per heavy atom. The minimum absolute atomic E-state index is 0.130. The third kappa shape index (κ3) is 4.90. The molecule has 1 N–H and O–H groups in total. The number of hydrogen-bond acceptors (Lipinski definition) is 5. The molecule has 6 heteroatoms. The molecule has 1 aliphatic heterocycles. The smallest absolute Gasteiger partial charge is 0.269 e. The van der Waals surface area contributed by atoms with Crippen LogP contribution >= 0.6 is 0 Å². The highest BCUT2D eigenvalue weighted by Crippen LogP contribution is 2.19. The molecule has 1 amide bonds. The summed E-state index contributed by atoms with van der Waals surface area (Å²) >= 11 is 0. The molecule has 3 heterocycles. The molecule has 2 aromatic heterocycles. The monoisotopic (exact) mass is 387 g/mol. The average molecular weight is 387 g/mol. The Bertz CT molecular complexity index is 924. The van der Waals surface area contributed by atoms with E-state index in [1.807, 2.05) is 54.7 Å². The summed E-state index contributed by atoms with van der Waals surface area (Å²) in [6, 6.07) is 20.0. The Kier molecular flexibility index (Phi) is 6.00. The van der Waals surface area contributed by atoms with Crippen LogP contribution in [0.5, 0.6) is 0 Å². The van der Waals surface area contributed by atoms with Gasteiger partial charge in [0.2, 0.25) is 0 Å². The van der Waals surface area contributed by atoms with E-state index in [0.717, 1.165) is 44.1 Å². The number of hydrogen-bond donors (Lipinski definition) is 1. The van der Waals surface area contributed by atoms with Gasteiger partial charge in [-0.05, 0) is 36.2 Å². The quantitative estimate of drug-likeness (QED) is 0.705. The van der Waals surface area contributed by atoms with Gasteiger partial charge in [0.1, 0.15) is 11.5 Å². The fourth-order valence-electron chi connectivity index (χ4n) is 3.53. The zero-order valence-electron chi connectivity index (χ0n) is 16.4. The molecule has 0 unspecified atom stereocenters. The van der Waals surface area contributed by atoms with E-state index in [-0.39, 0.29) is 5.91 Å². The van der Waals surface area contributed by atoms with E-state index in [1.165, 1.54) is 5.56 Å². The highest BCUT2D eigenvalue weighted by molar-refractivity contribution is 5.93. The Hall–Kier alpha value is -3.41. The molecular formula is C23H25N5O. The summed E-state index contributed by atoms with van der Waals surface area (Å²) in [6.45, 7) is 4.17. The summed E-state index contributed by atoms with van der Waals surface area (Å²) in [5.41, 5.74) is 2.71. The minimum Gasteiger partial charge on any atom is -0.368 e. The van der Waals surface area contributed by atoms with Crippen molar-refractivity contribution in [2.45, 2.75) is 6.42 Å². The van der Waals surface area contributed by atoms with Gasteiger partial charge in [-0.1, -0.05) is 36.4 Å². The van der Waals surface area contributed by atoms with Gasteiger partial charge in [0.15, 0.2) is 0 Å². The molecule has 0 aliphatic carbocycles. The van der Waals surface area contributed by atoms with Crippen molar-refractivity contribution in [1.29, 1.82) is 0 Å². The molecule has 0 saturated carbocycles. The topological polar surface area (TPSA) is 61.4 Å². The van der Waals surface area contributed by atoms with Crippen LogP contribution < -0.4 is 15.1 Å². The number of amides is 1. The Balaban J connectivity index is 1.32. The normalized spacial score (nSPS) is 13.9. The number of rotatable bonds is 6. The van der Waals surface area contributed by atoms with Crippen LogP contribution in [0.1, 0.15) is 16.1 Å². The summed E-state index contributed by atoms with van der Waals surface area (Å²) in [5.74, 6) is 0.885. The maximum Gasteiger partial charge on any atom is 0.269 e. The lowest BCUT2D eigenvalue weighted by atomic mass is 10.1. The highest BCUT2D eigenvalue weighted by Gasteiger charge is 2.19. The van der Waals surface area contributed by atoms with Crippen LogP contribution in [0.25, 0.3) is 0 Å². The van der Waals surface area contributed by atoms with Gasteiger partial charge in [-0.3, -0.25) is 9.78 Å². The van der Waals surface area contributed by atoms with Gasteiger partial charge in [0.05, 0.1) is 0 Å². The number of nitrogens with one attached hydrogen (secondary N) is 1. The molecule has 0 atom stereocenters. The first-order chi connectivity index (χ1) is 14.3. The number of benzene rings is 1. The summed E-state index contributed by atoms with van der Waals surface area (Å²) in [7, 11) is 0. The fourth-order valence-corrected chi connectivity index (χ4v) is 3.53. The second-order valence-corrected chi connectivity index (χ2v) is 7.05. The predicted octanol–water partition coefficient (Wildman–Crippen LogP) is 2.78. The van der Waals surface area contributed by atoms with E-state index in [0.29, 0.717) is 12.2 Å². The molecule has 6 nitrogen and oxygen atoms in total. The molecule has 0 spiro atoms. The second-order valence-electron chi connectivity index (χ2n) is 7.05. The molecule has 1 aromatic carbocycles. The number of carbonyl (C=O) groups excluding carboxylic acids is 1. The number of piperazine rings is 1. The first kappa shape index (κ1) is 18.9. The van der Waals surface area contributed by atoms with Crippen LogP contribution in [0.15, 0.2) is 73.1 Å². The molecule has 4 rings (SSSR count). The zero-order valence-corrected chi connectivity index (χ0v) is 16.4. The second kappa shape index (κ2) is 9.19. The summed E-state index contributed by atoms with van der Waals surface area (Å²) in [4.78, 5) is 25.8. The lowest BCUT2D eigenvalue weighted by Crippen LogP contribution is -2.46. The van der Waals surface area contributed by atoms with Crippen molar-refractivity contribution in [3.05, 3.63) is 84.3 Å². The highest BCUT2D eigenvalue weighted by atomic mass is 16.1. The number of anilines is 2. The average Bonchev–Trinajstić information content (AvgIpc) is 2.80. The third-order valence-electron chi connectivity index (χ3n) is 5.14. The van der Waals surface area contributed by atoms with Crippen molar-refractivity contribution >= 4 is 17.4 Å². The molecule has 148 valence electrons. The van der Waals surface area contributed by atoms with E-state index < -0.39 is 0 Å². The summed E-state index contributed by atoms with van der Waals surface area (Å²) < 4.78 is 0. The van der Waals surface area contributed by atoms with Crippen molar-refractivity contribution in [3.63, 3.8) is 0 Å². The van der Waals surface area contributed by atoms with Crippen LogP contribution in [0.4, 0.5) is 11.5 Å². The SMILES string of the molecule is O=C(NCCc1ccccc1)c1cc(N2CCN(c3ccccn3)CC2)ccn1. The van der Waals surface area contributed by atoms with E-state index in [1.54, 1.807) is 6.20 Å². The number of nitrogens with zero attached hydrogens (tertiary/aromatic N) is 4. The van der Waals surface area contributed by atoms with Crippen molar-refractivity contribution in [2.75, 3.05) is 42.5 Å². The Morgan fingerprint density at radius 1 is 0.862 bits per heavy atom. The Labute approximate surface area is 171 Å². The van der Waals surface area contributed by atoms with Gasteiger partial charge in [-0.15, -0.1) is 0 Å². The first-order valence-electron chi connectivity index (χ1n) is 9.99. The molecule has 1 aliphatic rings. The summed E-state index contributed by atoms with van der Waals surface area (Å²) in [6.07, 6.45) is 4.35. The zero-order chi connectivity index (χ0) is 19.9. The van der Waals surface area contributed by atoms with Crippen LogP contribution in [0, 0.1) is 0 Å². The molecule has 0 bridgehead atoms. The van der Waals surface area contributed by atoms with Gasteiger partial charge >= 0.3 is 0 Å². The van der Waals surface area contributed by atoms with Crippen LogP contribution in [0.3, 0.4) is 0 Å². The summed E-state index contributed by atoms with van der Waals surface area (Å²) in [5, 5.41) is 2.97. The molecule has 1 saturated heterocycles. The molecule has 29 heavy (non-hydrogen) atoms. The first-order valence-corrected chi connectivity index (χ1v) is 9.99. The van der Waals surface area contributed by atoms with Gasteiger partial charge in [-0.2, -0.15) is 0 Å². The maximum atomic E-state index is 12.5. The van der Waals surface area contributed by atoms with Gasteiger partial charge in [0, 0.05) is 50.8 Å². The van der Waals surface area contributed by atoms with Crippen molar-refractivity contribution < 1.29 is 4.79 Å². The van der Waals surface area contributed by atoms with Crippen molar-refractivity contribution in [3.8, 4) is 0 Å². The van der Waals surface area contributed by atoms with Gasteiger partial charge in [0.25, 0.3) is 5.91 Å². The predicted molar refractivity (Wildman–Crippen MR) is 115 cm³/mol. The van der Waals surface area contributed by atoms with E-state index >= 15 is 0 Å². The van der Waals surface area contributed by atoms with E-state index in [4.69, 9.17) is 0 Å². The van der Waals surface area contributed by atoms with E-state index in [2.05, 4.69) is 37.2 Å². The van der Waals surface area contributed by atoms with Crippen LogP contribution in [-0.2, 0) is 6.42 Å². The van der Waals surface area contributed by atoms with Gasteiger partial charge in [-0.25, -0.2) is 4.98 Å². The van der Waals surface area contributed by atoms with Crippen LogP contribution in [0.2, 0.25) is 0 Å². The molecule has 1 fully saturated rings.